The summed E-state index contributed by atoms with van der Waals surface area (Å²) in [6, 6.07) is 2.08. The molecule has 0 radical (unpaired) electrons. The molecule has 1 amide bonds. The van der Waals surface area contributed by atoms with E-state index in [9.17, 15) is 4.79 Å². The van der Waals surface area contributed by atoms with Gasteiger partial charge >= 0.3 is 0 Å². The average molecular weight is 249 g/mol. The zero-order valence-corrected chi connectivity index (χ0v) is 10.5. The fourth-order valence-electron chi connectivity index (χ4n) is 2.57. The molecule has 1 saturated carbocycles. The molecule has 1 aromatic rings. The van der Waals surface area contributed by atoms with Gasteiger partial charge in [0.1, 0.15) is 5.76 Å². The minimum Gasteiger partial charge on any atom is -0.369 e. The van der Waals surface area contributed by atoms with E-state index in [-0.39, 0.29) is 11.8 Å². The van der Waals surface area contributed by atoms with Crippen molar-refractivity contribution in [3.05, 3.63) is 17.5 Å². The zero-order chi connectivity index (χ0) is 12.5. The van der Waals surface area contributed by atoms with Gasteiger partial charge in [0.05, 0.1) is 5.69 Å². The van der Waals surface area contributed by atoms with Gasteiger partial charge in [0, 0.05) is 24.4 Å². The Kier molecular flexibility index (Phi) is 3.07. The predicted molar refractivity (Wildman–Crippen MR) is 65.7 cm³/mol. The lowest BCUT2D eigenvalue weighted by molar-refractivity contribution is -0.123. The lowest BCUT2D eigenvalue weighted by Gasteiger charge is -2.29. The Morgan fingerprint density at radius 3 is 2.72 bits per heavy atom. The summed E-state index contributed by atoms with van der Waals surface area (Å²) in [7, 11) is 0. The number of carbonyl (C=O) groups is 1. The highest BCUT2D eigenvalue weighted by Crippen LogP contribution is 2.40. The molecule has 5 heteroatoms. The summed E-state index contributed by atoms with van der Waals surface area (Å²) in [6.07, 6.45) is 4.20. The number of rotatable bonds is 4. The molecule has 1 aliphatic heterocycles. The van der Waals surface area contributed by atoms with Crippen molar-refractivity contribution < 1.29 is 9.32 Å². The van der Waals surface area contributed by atoms with Gasteiger partial charge in [-0.2, -0.15) is 0 Å². The van der Waals surface area contributed by atoms with Gasteiger partial charge < -0.3 is 10.3 Å². The molecule has 98 valence electrons. The van der Waals surface area contributed by atoms with Gasteiger partial charge in [0.25, 0.3) is 0 Å². The van der Waals surface area contributed by atoms with E-state index in [2.05, 4.69) is 16.1 Å². The standard InChI is InChI=1S/C13H19N3O2/c14-13(17)10-3-5-16(6-4-10)8-11-7-12(18-15-11)9-1-2-9/h7,9-10H,1-6,8H2,(H2,14,17). The van der Waals surface area contributed by atoms with E-state index in [0.717, 1.165) is 43.9 Å². The number of piperidine rings is 1. The third-order valence-corrected chi connectivity index (χ3v) is 3.93. The molecule has 0 unspecified atom stereocenters. The quantitative estimate of drug-likeness (QED) is 0.871. The zero-order valence-electron chi connectivity index (χ0n) is 10.5. The van der Waals surface area contributed by atoms with Gasteiger partial charge in [-0.15, -0.1) is 0 Å². The summed E-state index contributed by atoms with van der Waals surface area (Å²) >= 11 is 0. The van der Waals surface area contributed by atoms with Crippen molar-refractivity contribution in [1.82, 2.24) is 10.1 Å². The second kappa shape index (κ2) is 4.72. The molecule has 2 aliphatic rings. The molecule has 0 bridgehead atoms. The van der Waals surface area contributed by atoms with Crippen LogP contribution < -0.4 is 5.73 Å². The highest BCUT2D eigenvalue weighted by molar-refractivity contribution is 5.76. The number of carbonyl (C=O) groups excluding carboxylic acids is 1. The largest absolute Gasteiger partial charge is 0.369 e. The van der Waals surface area contributed by atoms with Crippen LogP contribution in [0.2, 0.25) is 0 Å². The van der Waals surface area contributed by atoms with Crippen molar-refractivity contribution >= 4 is 5.91 Å². The second-order valence-electron chi connectivity index (χ2n) is 5.45. The van der Waals surface area contributed by atoms with Gasteiger partial charge in [0.2, 0.25) is 5.91 Å². The lowest BCUT2D eigenvalue weighted by Crippen LogP contribution is -2.38. The molecule has 1 aliphatic carbocycles. The summed E-state index contributed by atoms with van der Waals surface area (Å²) in [5.74, 6) is 1.55. The molecule has 1 saturated heterocycles. The first-order valence-corrected chi connectivity index (χ1v) is 6.69. The van der Waals surface area contributed by atoms with Crippen molar-refractivity contribution in [3.63, 3.8) is 0 Å². The number of likely N-dealkylation sites (tertiary alicyclic amines) is 1. The van der Waals surface area contributed by atoms with E-state index >= 15 is 0 Å². The monoisotopic (exact) mass is 249 g/mol. The van der Waals surface area contributed by atoms with E-state index in [1.54, 1.807) is 0 Å². The van der Waals surface area contributed by atoms with Crippen molar-refractivity contribution in [2.24, 2.45) is 11.7 Å². The maximum atomic E-state index is 11.1. The van der Waals surface area contributed by atoms with Gasteiger partial charge in [-0.3, -0.25) is 9.69 Å². The van der Waals surface area contributed by atoms with Crippen LogP contribution in [0, 0.1) is 5.92 Å². The maximum Gasteiger partial charge on any atom is 0.220 e. The molecule has 1 aromatic heterocycles. The summed E-state index contributed by atoms with van der Waals surface area (Å²) < 4.78 is 5.34. The molecule has 0 atom stereocenters. The van der Waals surface area contributed by atoms with E-state index in [1.165, 1.54) is 12.8 Å². The Bertz CT molecular complexity index is 431. The van der Waals surface area contributed by atoms with Gasteiger partial charge in [-0.1, -0.05) is 5.16 Å². The first-order valence-electron chi connectivity index (χ1n) is 6.69. The van der Waals surface area contributed by atoms with Crippen molar-refractivity contribution in [2.45, 2.75) is 38.1 Å². The Hall–Kier alpha value is -1.36. The van der Waals surface area contributed by atoms with Gasteiger partial charge in [-0.25, -0.2) is 0 Å². The van der Waals surface area contributed by atoms with E-state index < -0.39 is 0 Å². The Morgan fingerprint density at radius 2 is 2.11 bits per heavy atom. The Balaban J connectivity index is 1.52. The molecular weight excluding hydrogens is 230 g/mol. The van der Waals surface area contributed by atoms with Crippen LogP contribution in [0.25, 0.3) is 0 Å². The van der Waals surface area contributed by atoms with E-state index in [1.807, 2.05) is 0 Å². The number of aromatic nitrogens is 1. The minimum atomic E-state index is -0.160. The number of nitrogens with zero attached hydrogens (tertiary/aromatic N) is 2. The molecule has 3 rings (SSSR count). The topological polar surface area (TPSA) is 72.4 Å². The van der Waals surface area contributed by atoms with Crippen LogP contribution in [0.4, 0.5) is 0 Å². The van der Waals surface area contributed by atoms with Crippen LogP contribution in [0.5, 0.6) is 0 Å². The highest BCUT2D eigenvalue weighted by atomic mass is 16.5. The molecule has 18 heavy (non-hydrogen) atoms. The van der Waals surface area contributed by atoms with Crippen LogP contribution in [0.1, 0.15) is 43.1 Å². The van der Waals surface area contributed by atoms with Crippen LogP contribution in [0.3, 0.4) is 0 Å². The lowest BCUT2D eigenvalue weighted by atomic mass is 9.96. The summed E-state index contributed by atoms with van der Waals surface area (Å²) in [4.78, 5) is 13.4. The molecule has 0 aromatic carbocycles. The normalized spacial score (nSPS) is 22.2. The summed E-state index contributed by atoms with van der Waals surface area (Å²) in [6.45, 7) is 2.65. The maximum absolute atomic E-state index is 11.1. The first-order chi connectivity index (χ1) is 8.72. The fraction of sp³-hybridized carbons (Fsp3) is 0.692. The molecule has 2 fully saturated rings. The molecule has 0 spiro atoms. The van der Waals surface area contributed by atoms with Crippen LogP contribution in [0.15, 0.2) is 10.6 Å². The number of nitrogens with two attached hydrogens (primary N) is 1. The second-order valence-corrected chi connectivity index (χ2v) is 5.45. The van der Waals surface area contributed by atoms with Crippen molar-refractivity contribution in [1.29, 1.82) is 0 Å². The van der Waals surface area contributed by atoms with Crippen LogP contribution >= 0.6 is 0 Å². The van der Waals surface area contributed by atoms with E-state index in [0.29, 0.717) is 5.92 Å². The number of hydrogen-bond acceptors (Lipinski definition) is 4. The summed E-state index contributed by atoms with van der Waals surface area (Å²) in [5.41, 5.74) is 6.33. The number of primary amides is 1. The number of hydrogen-bond donors (Lipinski definition) is 1. The van der Waals surface area contributed by atoms with Gasteiger partial charge in [-0.05, 0) is 38.8 Å². The summed E-state index contributed by atoms with van der Waals surface area (Å²) in [5, 5.41) is 4.12. The molecular formula is C13H19N3O2. The first kappa shape index (κ1) is 11.7. The SMILES string of the molecule is NC(=O)C1CCN(Cc2cc(C3CC3)on2)CC1. The molecule has 5 nitrogen and oxygen atoms in total. The molecule has 2 N–H and O–H groups in total. The van der Waals surface area contributed by atoms with Crippen LogP contribution in [-0.4, -0.2) is 29.1 Å². The van der Waals surface area contributed by atoms with E-state index in [4.69, 9.17) is 10.3 Å². The Labute approximate surface area is 106 Å². The Morgan fingerprint density at radius 1 is 1.39 bits per heavy atom. The van der Waals surface area contributed by atoms with Gasteiger partial charge in [0.15, 0.2) is 0 Å². The predicted octanol–water partition coefficient (Wildman–Crippen LogP) is 1.25. The third-order valence-electron chi connectivity index (χ3n) is 3.93. The minimum absolute atomic E-state index is 0.0561. The number of amides is 1. The van der Waals surface area contributed by atoms with Crippen molar-refractivity contribution in [3.8, 4) is 0 Å². The average Bonchev–Trinajstić information content (AvgIpc) is 3.11. The highest BCUT2D eigenvalue weighted by Gasteiger charge is 2.28. The van der Waals surface area contributed by atoms with Crippen LogP contribution in [-0.2, 0) is 11.3 Å². The van der Waals surface area contributed by atoms with Crippen molar-refractivity contribution in [2.75, 3.05) is 13.1 Å². The third kappa shape index (κ3) is 2.56. The smallest absolute Gasteiger partial charge is 0.220 e. The molecule has 2 heterocycles. The fourth-order valence-corrected chi connectivity index (χ4v) is 2.57.